The van der Waals surface area contributed by atoms with Gasteiger partial charge in [0.15, 0.2) is 5.82 Å². The number of alkyl halides is 2. The van der Waals surface area contributed by atoms with E-state index in [1.165, 1.54) is 6.20 Å². The highest BCUT2D eigenvalue weighted by atomic mass is 19.3. The quantitative estimate of drug-likeness (QED) is 0.371. The molecule has 2 saturated heterocycles. The Morgan fingerprint density at radius 2 is 1.81 bits per heavy atom. The molecular weight excluding hydrogens is 557 g/mol. The van der Waals surface area contributed by atoms with E-state index in [0.717, 1.165) is 18.2 Å². The van der Waals surface area contributed by atoms with Crippen LogP contribution in [0.2, 0.25) is 0 Å². The number of anilines is 3. The van der Waals surface area contributed by atoms with Crippen molar-refractivity contribution in [2.75, 3.05) is 61.5 Å². The maximum atomic E-state index is 16.4. The van der Waals surface area contributed by atoms with Crippen molar-refractivity contribution < 1.29 is 31.5 Å². The Morgan fingerprint density at radius 3 is 2.48 bits per heavy atom. The second-order valence-electron chi connectivity index (χ2n) is 10.7. The van der Waals surface area contributed by atoms with Crippen LogP contribution in [-0.4, -0.2) is 74.3 Å². The Morgan fingerprint density at radius 1 is 1.02 bits per heavy atom. The highest BCUT2D eigenvalue weighted by Crippen LogP contribution is 2.39. The van der Waals surface area contributed by atoms with Gasteiger partial charge < -0.3 is 24.8 Å². The molecule has 2 aliphatic heterocycles. The molecule has 42 heavy (non-hydrogen) atoms. The first-order valence-corrected chi connectivity index (χ1v) is 13.7. The van der Waals surface area contributed by atoms with E-state index in [-0.39, 0.29) is 29.1 Å². The molecule has 1 N–H and O–H groups in total. The van der Waals surface area contributed by atoms with Crippen molar-refractivity contribution in [3.63, 3.8) is 0 Å². The molecule has 2 fully saturated rings. The molecule has 3 heterocycles. The SMILES string of the molecule is CC1CN(c2ccc(-c3c(F)cc(N4CCN(C)C(C)C4)c(NC(=O)c4ccc(F)cc4C(F)F)c3F)cn2)CCO1. The van der Waals surface area contributed by atoms with E-state index in [0.29, 0.717) is 51.2 Å². The fourth-order valence-electron chi connectivity index (χ4n) is 5.36. The van der Waals surface area contributed by atoms with Gasteiger partial charge in [-0.3, -0.25) is 4.79 Å². The summed E-state index contributed by atoms with van der Waals surface area (Å²) in [5.74, 6) is -3.31. The number of morpholine rings is 1. The zero-order valence-electron chi connectivity index (χ0n) is 23.5. The summed E-state index contributed by atoms with van der Waals surface area (Å²) in [4.78, 5) is 23.5. The van der Waals surface area contributed by atoms with Gasteiger partial charge in [-0.1, -0.05) is 0 Å². The zero-order valence-corrected chi connectivity index (χ0v) is 23.5. The number of ether oxygens (including phenoxy) is 1. The molecule has 2 aromatic carbocycles. The van der Waals surface area contributed by atoms with E-state index in [2.05, 4.69) is 15.2 Å². The number of benzene rings is 2. The molecule has 0 spiro atoms. The summed E-state index contributed by atoms with van der Waals surface area (Å²) in [6.07, 6.45) is -1.78. The van der Waals surface area contributed by atoms with E-state index in [1.807, 2.05) is 25.8 Å². The van der Waals surface area contributed by atoms with Crippen LogP contribution in [0.3, 0.4) is 0 Å². The topological polar surface area (TPSA) is 60.9 Å². The molecule has 0 radical (unpaired) electrons. The third-order valence-corrected chi connectivity index (χ3v) is 7.83. The highest BCUT2D eigenvalue weighted by Gasteiger charge is 2.30. The molecule has 2 unspecified atom stereocenters. The zero-order chi connectivity index (χ0) is 30.1. The van der Waals surface area contributed by atoms with Gasteiger partial charge in [-0.2, -0.15) is 0 Å². The molecular formula is C30H32F5N5O2. The van der Waals surface area contributed by atoms with Gasteiger partial charge in [0, 0.05) is 67.7 Å². The Bertz CT molecular complexity index is 1450. The van der Waals surface area contributed by atoms with Gasteiger partial charge in [0.2, 0.25) is 0 Å². The summed E-state index contributed by atoms with van der Waals surface area (Å²) in [5, 5.41) is 2.40. The van der Waals surface area contributed by atoms with Gasteiger partial charge >= 0.3 is 0 Å². The Balaban J connectivity index is 1.55. The van der Waals surface area contributed by atoms with Crippen LogP contribution < -0.4 is 15.1 Å². The first-order valence-electron chi connectivity index (χ1n) is 13.7. The summed E-state index contributed by atoms with van der Waals surface area (Å²) in [5.41, 5.74) is -1.90. The summed E-state index contributed by atoms with van der Waals surface area (Å²) < 4.78 is 78.6. The molecule has 12 heteroatoms. The first kappa shape index (κ1) is 29.7. The van der Waals surface area contributed by atoms with Crippen molar-refractivity contribution in [2.45, 2.75) is 32.4 Å². The van der Waals surface area contributed by atoms with E-state index >= 15 is 8.78 Å². The maximum absolute atomic E-state index is 16.4. The van der Waals surface area contributed by atoms with Crippen molar-refractivity contribution in [3.8, 4) is 11.1 Å². The van der Waals surface area contributed by atoms with Gasteiger partial charge in [0.1, 0.15) is 23.1 Å². The molecule has 7 nitrogen and oxygen atoms in total. The number of hydrogen-bond donors (Lipinski definition) is 1. The van der Waals surface area contributed by atoms with Gasteiger partial charge in [0.05, 0.1) is 24.0 Å². The van der Waals surface area contributed by atoms with E-state index in [1.54, 1.807) is 17.0 Å². The number of carbonyl (C=O) groups is 1. The molecule has 2 aliphatic rings. The number of carbonyl (C=O) groups excluding carboxylic acids is 1. The standard InChI is InChI=1S/C30H32F5N5O2/c1-17-15-39(9-8-38(17)3)24-13-23(32)26(19-4-7-25(36-14-19)40-10-11-42-18(2)16-40)27(33)28(24)37-30(41)21-6-5-20(31)12-22(21)29(34)35/h4-7,12-14,17-18,29H,8-11,15-16H2,1-3H3,(H,37,41). The fourth-order valence-corrected chi connectivity index (χ4v) is 5.36. The van der Waals surface area contributed by atoms with Crippen LogP contribution in [0, 0.1) is 17.5 Å². The number of pyridine rings is 1. The lowest BCUT2D eigenvalue weighted by Crippen LogP contribution is -2.50. The predicted octanol–water partition coefficient (Wildman–Crippen LogP) is 5.72. The number of nitrogens with zero attached hydrogens (tertiary/aromatic N) is 4. The maximum Gasteiger partial charge on any atom is 0.264 e. The monoisotopic (exact) mass is 589 g/mol. The number of likely N-dealkylation sites (N-methyl/N-ethyl adjacent to an activating group) is 1. The predicted molar refractivity (Wildman–Crippen MR) is 151 cm³/mol. The summed E-state index contributed by atoms with van der Waals surface area (Å²) in [7, 11) is 1.93. The third kappa shape index (κ3) is 6.05. The number of piperazine rings is 1. The minimum absolute atomic E-state index is 0.0119. The molecule has 224 valence electrons. The highest BCUT2D eigenvalue weighted by molar-refractivity contribution is 6.07. The molecule has 3 aromatic rings. The van der Waals surface area contributed by atoms with E-state index < -0.39 is 46.5 Å². The van der Waals surface area contributed by atoms with Crippen LogP contribution in [0.4, 0.5) is 39.1 Å². The van der Waals surface area contributed by atoms with Crippen LogP contribution in [-0.2, 0) is 4.74 Å². The van der Waals surface area contributed by atoms with Crippen LogP contribution in [0.5, 0.6) is 0 Å². The molecule has 1 amide bonds. The molecule has 0 bridgehead atoms. The lowest BCUT2D eigenvalue weighted by atomic mass is 10.0. The first-order chi connectivity index (χ1) is 20.0. The van der Waals surface area contributed by atoms with Gasteiger partial charge in [0.25, 0.3) is 12.3 Å². The average molecular weight is 590 g/mol. The number of amides is 1. The largest absolute Gasteiger partial charge is 0.375 e. The van der Waals surface area contributed by atoms with Crippen molar-refractivity contribution >= 4 is 23.1 Å². The van der Waals surface area contributed by atoms with Crippen LogP contribution in [0.1, 0.15) is 36.2 Å². The van der Waals surface area contributed by atoms with Crippen molar-refractivity contribution in [3.05, 3.63) is 71.2 Å². The second kappa shape index (κ2) is 12.2. The lowest BCUT2D eigenvalue weighted by molar-refractivity contribution is 0.0529. The van der Waals surface area contributed by atoms with Crippen LogP contribution >= 0.6 is 0 Å². The summed E-state index contributed by atoms with van der Waals surface area (Å²) >= 11 is 0. The van der Waals surface area contributed by atoms with Gasteiger partial charge in [-0.15, -0.1) is 0 Å². The smallest absolute Gasteiger partial charge is 0.264 e. The summed E-state index contributed by atoms with van der Waals surface area (Å²) in [6, 6.07) is 6.74. The van der Waals surface area contributed by atoms with E-state index in [4.69, 9.17) is 4.74 Å². The molecule has 5 rings (SSSR count). The third-order valence-electron chi connectivity index (χ3n) is 7.83. The Labute approximate surface area is 240 Å². The molecule has 0 saturated carbocycles. The normalized spacial score (nSPS) is 19.8. The molecule has 0 aliphatic carbocycles. The Kier molecular flexibility index (Phi) is 8.65. The summed E-state index contributed by atoms with van der Waals surface area (Å²) in [6.45, 7) is 7.09. The van der Waals surface area contributed by atoms with Crippen molar-refractivity contribution in [2.24, 2.45) is 0 Å². The lowest BCUT2D eigenvalue weighted by Gasteiger charge is -2.39. The Hall–Kier alpha value is -3.77. The van der Waals surface area contributed by atoms with Crippen LogP contribution in [0.25, 0.3) is 11.1 Å². The van der Waals surface area contributed by atoms with Gasteiger partial charge in [-0.25, -0.2) is 26.9 Å². The van der Waals surface area contributed by atoms with Gasteiger partial charge in [-0.05, 0) is 51.2 Å². The minimum atomic E-state index is -3.15. The number of nitrogens with one attached hydrogen (secondary N) is 1. The molecule has 2 atom stereocenters. The number of aromatic nitrogens is 1. The number of rotatable bonds is 6. The number of hydrogen-bond acceptors (Lipinski definition) is 6. The van der Waals surface area contributed by atoms with Crippen LogP contribution in [0.15, 0.2) is 42.6 Å². The number of halogens is 5. The van der Waals surface area contributed by atoms with Crippen molar-refractivity contribution in [1.29, 1.82) is 0 Å². The van der Waals surface area contributed by atoms with E-state index in [9.17, 15) is 18.0 Å². The molecule has 1 aromatic heterocycles. The van der Waals surface area contributed by atoms with Crippen molar-refractivity contribution in [1.82, 2.24) is 9.88 Å². The fraction of sp³-hybridized carbons (Fsp3) is 0.400. The second-order valence-corrected chi connectivity index (χ2v) is 10.7. The minimum Gasteiger partial charge on any atom is -0.375 e. The average Bonchev–Trinajstić information content (AvgIpc) is 2.96.